The van der Waals surface area contributed by atoms with Crippen LogP contribution in [0.5, 0.6) is 0 Å². The van der Waals surface area contributed by atoms with Gasteiger partial charge in [-0.05, 0) is 65.5 Å². The molecule has 0 aromatic carbocycles. The first-order valence-corrected chi connectivity index (χ1v) is 21.1. The molecule has 0 N–H and O–H groups in total. The first-order chi connectivity index (χ1) is 8.54. The van der Waals surface area contributed by atoms with Gasteiger partial charge in [0, 0.05) is 0 Å². The summed E-state index contributed by atoms with van der Waals surface area (Å²) in [7, 11) is -11.3. The molecule has 1 aliphatic rings. The summed E-state index contributed by atoms with van der Waals surface area (Å²) in [5.74, 6) is 0. The number of rotatable bonds is 0. The molecule has 0 aromatic heterocycles. The van der Waals surface area contributed by atoms with Crippen molar-refractivity contribution in [3.63, 3.8) is 0 Å². The van der Waals surface area contributed by atoms with E-state index in [0.717, 1.165) is 0 Å². The maximum atomic E-state index is 6.30. The summed E-state index contributed by atoms with van der Waals surface area (Å²) in [6, 6.07) is 0. The Morgan fingerprint density at radius 3 is 0.600 bits per heavy atom. The number of hydrogen-bond donors (Lipinski definition) is 0. The Morgan fingerprint density at radius 2 is 0.500 bits per heavy atom. The van der Waals surface area contributed by atoms with E-state index < -0.39 is 42.8 Å². The monoisotopic (exact) mass is 380 g/mol. The third-order valence-electron chi connectivity index (χ3n) is 2.46. The van der Waals surface area contributed by atoms with Crippen LogP contribution in [0.2, 0.25) is 65.5 Å². The molecule has 0 atom stereocenters. The lowest BCUT2D eigenvalue weighted by atomic mass is 11.9. The molecule has 0 saturated carbocycles. The third-order valence-corrected chi connectivity index (χ3v) is 22.1. The van der Waals surface area contributed by atoms with Crippen molar-refractivity contribution in [1.82, 2.24) is 0 Å². The van der Waals surface area contributed by atoms with E-state index in [2.05, 4.69) is 65.5 Å². The quantitative estimate of drug-likeness (QED) is 0.601. The van der Waals surface area contributed by atoms with Crippen molar-refractivity contribution in [3.8, 4) is 0 Å². The van der Waals surface area contributed by atoms with E-state index >= 15 is 0 Å². The van der Waals surface area contributed by atoms with Crippen molar-refractivity contribution in [2.75, 3.05) is 0 Å². The van der Waals surface area contributed by atoms with Gasteiger partial charge in [0.1, 0.15) is 0 Å². The molecule has 1 fully saturated rings. The minimum atomic E-state index is -2.26. The molecule has 0 aromatic rings. The standard InChI is InChI=1S/C10H30O5Si5/c1-16(2)11-17(3,4)13-19(7,8)15-20(9,10)14-18(5,6)12-16/h1-10H3/i1+2,3+2,5+2,7+2,9+2. The fraction of sp³-hybridized carbons (Fsp3) is 1.00. The second-order valence-corrected chi connectivity index (χ2v) is 25.6. The molecule has 1 aliphatic heterocycles. The van der Waals surface area contributed by atoms with Gasteiger partial charge in [0.25, 0.3) is 0 Å². The summed E-state index contributed by atoms with van der Waals surface area (Å²) in [6.45, 7) is 20.8. The normalized spacial score (nSPS) is 55.5. The highest BCUT2D eigenvalue weighted by atomic mass is 28.5. The van der Waals surface area contributed by atoms with Gasteiger partial charge in [-0.2, -0.15) is 0 Å². The molecule has 0 bridgehead atoms. The third kappa shape index (κ3) is 6.33. The molecule has 1 saturated heterocycles. The van der Waals surface area contributed by atoms with Crippen LogP contribution in [0.1, 0.15) is 0 Å². The van der Waals surface area contributed by atoms with Crippen molar-refractivity contribution in [1.29, 1.82) is 0 Å². The van der Waals surface area contributed by atoms with Crippen LogP contribution < -0.4 is 0 Å². The summed E-state index contributed by atoms with van der Waals surface area (Å²) in [5.41, 5.74) is 0. The highest BCUT2D eigenvalue weighted by Crippen LogP contribution is 2.30. The van der Waals surface area contributed by atoms with E-state index in [1.807, 2.05) is 0 Å². The van der Waals surface area contributed by atoms with Crippen LogP contribution >= 0.6 is 0 Å². The molecule has 1 heterocycles. The van der Waals surface area contributed by atoms with E-state index in [-0.39, 0.29) is 0 Å². The van der Waals surface area contributed by atoms with Crippen molar-refractivity contribution >= 4 is 42.8 Å². The molecule has 0 amide bonds. The van der Waals surface area contributed by atoms with Crippen molar-refractivity contribution in [2.45, 2.75) is 65.5 Å². The summed E-state index contributed by atoms with van der Waals surface area (Å²) in [5, 5.41) is 0. The zero-order chi connectivity index (χ0) is 16.0. The smallest absolute Gasteiger partial charge is 0.314 e. The maximum Gasteiger partial charge on any atom is 0.314 e. The first kappa shape index (κ1) is 18.9. The lowest BCUT2D eigenvalue weighted by Crippen LogP contribution is -2.64. The first-order valence-electron chi connectivity index (χ1n) is 7.04. The molecule has 0 spiro atoms. The summed E-state index contributed by atoms with van der Waals surface area (Å²) < 4.78 is 31.5. The van der Waals surface area contributed by atoms with Crippen LogP contribution in [0.15, 0.2) is 0 Å². The fourth-order valence-electron chi connectivity index (χ4n) is 3.06. The predicted octanol–water partition coefficient (Wildman–Crippen LogP) is 3.59. The van der Waals surface area contributed by atoms with Gasteiger partial charge >= 0.3 is 42.8 Å². The Kier molecular flexibility index (Phi) is 5.21. The van der Waals surface area contributed by atoms with Crippen molar-refractivity contribution < 1.29 is 20.6 Å². The van der Waals surface area contributed by atoms with Crippen LogP contribution in [0.4, 0.5) is 0 Å². The Hall–Kier alpha value is 0.884. The van der Waals surface area contributed by atoms with Gasteiger partial charge in [0.2, 0.25) is 0 Å². The highest BCUT2D eigenvalue weighted by Gasteiger charge is 2.50. The molecule has 1 rings (SSSR count). The van der Waals surface area contributed by atoms with Gasteiger partial charge in [0.15, 0.2) is 0 Å². The minimum absolute atomic E-state index is 2.08. The minimum Gasteiger partial charge on any atom is -0.416 e. The summed E-state index contributed by atoms with van der Waals surface area (Å²) in [4.78, 5) is 0. The fourth-order valence-corrected chi connectivity index (χ4v) is 29.4. The zero-order valence-electron chi connectivity index (χ0n) is 14.5. The van der Waals surface area contributed by atoms with Gasteiger partial charge in [-0.3, -0.25) is 0 Å². The van der Waals surface area contributed by atoms with Crippen molar-refractivity contribution in [2.24, 2.45) is 0 Å². The van der Waals surface area contributed by atoms with Crippen molar-refractivity contribution in [3.05, 3.63) is 0 Å². The summed E-state index contributed by atoms with van der Waals surface area (Å²) in [6.07, 6.45) is 0. The predicted molar refractivity (Wildman–Crippen MR) is 92.8 cm³/mol. The largest absolute Gasteiger partial charge is 0.416 e. The molecule has 10 heteroatoms. The Balaban J connectivity index is 3.15. The van der Waals surface area contributed by atoms with Gasteiger partial charge in [-0.15, -0.1) is 0 Å². The topological polar surface area (TPSA) is 46.2 Å². The highest BCUT2D eigenvalue weighted by molar-refractivity contribution is 6.92. The van der Waals surface area contributed by atoms with E-state index in [1.165, 1.54) is 0 Å². The van der Waals surface area contributed by atoms with Gasteiger partial charge in [-0.1, -0.05) is 0 Å². The van der Waals surface area contributed by atoms with E-state index in [0.29, 0.717) is 0 Å². The summed E-state index contributed by atoms with van der Waals surface area (Å²) >= 11 is 0. The van der Waals surface area contributed by atoms with Gasteiger partial charge in [0.05, 0.1) is 0 Å². The van der Waals surface area contributed by atoms with E-state index in [4.69, 9.17) is 20.6 Å². The van der Waals surface area contributed by atoms with Crippen LogP contribution in [-0.4, -0.2) is 42.8 Å². The van der Waals surface area contributed by atoms with Crippen LogP contribution in [-0.2, 0) is 20.6 Å². The Morgan fingerprint density at radius 1 is 0.400 bits per heavy atom. The second kappa shape index (κ2) is 5.51. The Bertz CT molecular complexity index is 268. The van der Waals surface area contributed by atoms with Gasteiger partial charge < -0.3 is 20.6 Å². The average Bonchev–Trinajstić information content (AvgIpc) is 1.84. The molecule has 0 radical (unpaired) electrons. The van der Waals surface area contributed by atoms with Crippen LogP contribution in [0.25, 0.3) is 0 Å². The second-order valence-electron chi connectivity index (χ2n) is 7.51. The zero-order valence-corrected chi connectivity index (χ0v) is 19.5. The molecule has 20 heavy (non-hydrogen) atoms. The molecule has 5 nitrogen and oxygen atoms in total. The molecule has 0 aliphatic carbocycles. The lowest BCUT2D eigenvalue weighted by Gasteiger charge is -2.46. The average molecular weight is 381 g/mol. The molecule has 120 valence electrons. The SMILES string of the molecule is C[Si]1([14CH3])O[Si](C)([14CH3])O[Si](C)([14CH3])O[Si](C)([14CH3])O[Si](C)([14CH3])O1. The maximum absolute atomic E-state index is 6.30. The van der Waals surface area contributed by atoms with E-state index in [9.17, 15) is 0 Å². The lowest BCUT2D eigenvalue weighted by molar-refractivity contribution is 0.239. The molecular formula is C10H30O5Si5. The molecular weight excluding hydrogens is 350 g/mol. The Labute approximate surface area is 129 Å². The van der Waals surface area contributed by atoms with Crippen LogP contribution in [0.3, 0.4) is 0 Å². The number of hydrogen-bond acceptors (Lipinski definition) is 5. The van der Waals surface area contributed by atoms with Crippen LogP contribution in [0, 0.1) is 0 Å². The van der Waals surface area contributed by atoms with E-state index in [1.54, 1.807) is 0 Å². The molecule has 0 unspecified atom stereocenters. The van der Waals surface area contributed by atoms with Gasteiger partial charge in [-0.25, -0.2) is 0 Å².